The van der Waals surface area contributed by atoms with Crippen molar-refractivity contribution in [2.75, 3.05) is 6.66 Å². The molecule has 5 heteroatoms. The monoisotopic (exact) mass is 173 g/mol. The van der Waals surface area contributed by atoms with E-state index in [9.17, 15) is 4.57 Å². The zero-order valence-corrected chi connectivity index (χ0v) is 6.86. The average molecular weight is 173 g/mol. The van der Waals surface area contributed by atoms with Crippen molar-refractivity contribution in [3.63, 3.8) is 0 Å². The lowest BCUT2D eigenvalue weighted by atomic mass is 10.5. The summed E-state index contributed by atoms with van der Waals surface area (Å²) in [6, 6.07) is 3.04. The summed E-state index contributed by atoms with van der Waals surface area (Å²) in [5.41, 5.74) is 0. The molecule has 0 radical (unpaired) electrons. The molecule has 1 heterocycles. The first-order chi connectivity index (χ1) is 5.08. The second-order valence-electron chi connectivity index (χ2n) is 2.08. The highest BCUT2D eigenvalue weighted by atomic mass is 31.2. The fraction of sp³-hybridized carbons (Fsp3) is 0.167. The van der Waals surface area contributed by atoms with Crippen LogP contribution in [0, 0.1) is 0 Å². The van der Waals surface area contributed by atoms with E-state index in [-0.39, 0.29) is 0 Å². The fourth-order valence-corrected chi connectivity index (χ4v) is 1.11. The van der Waals surface area contributed by atoms with Gasteiger partial charge in [-0.05, 0) is 12.1 Å². The van der Waals surface area contributed by atoms with Crippen LogP contribution >= 0.6 is 7.60 Å². The normalized spacial score (nSPS) is 15.5. The maximum Gasteiger partial charge on any atom is 0.373 e. The minimum Gasteiger partial charge on any atom is -0.425 e. The maximum atomic E-state index is 10.7. The molecule has 1 N–H and O–H groups in total. The van der Waals surface area contributed by atoms with Gasteiger partial charge in [0.25, 0.3) is 0 Å². The van der Waals surface area contributed by atoms with Crippen molar-refractivity contribution in [3.8, 4) is 5.75 Å². The van der Waals surface area contributed by atoms with Gasteiger partial charge in [0.2, 0.25) is 0 Å². The van der Waals surface area contributed by atoms with Crippen LogP contribution in [0.25, 0.3) is 0 Å². The second kappa shape index (κ2) is 3.03. The van der Waals surface area contributed by atoms with Gasteiger partial charge in [0, 0.05) is 19.1 Å². The van der Waals surface area contributed by atoms with Gasteiger partial charge in [-0.25, -0.2) is 4.57 Å². The van der Waals surface area contributed by atoms with Crippen LogP contribution in [0.3, 0.4) is 0 Å². The molecule has 1 unspecified atom stereocenters. The van der Waals surface area contributed by atoms with Crippen LogP contribution < -0.4 is 4.52 Å². The van der Waals surface area contributed by atoms with Crippen molar-refractivity contribution in [1.29, 1.82) is 0 Å². The van der Waals surface area contributed by atoms with Gasteiger partial charge >= 0.3 is 7.60 Å². The fourth-order valence-electron chi connectivity index (χ4n) is 0.595. The summed E-state index contributed by atoms with van der Waals surface area (Å²) in [6.07, 6.45) is 2.98. The predicted octanol–water partition coefficient (Wildman–Crippen LogP) is 1.28. The first kappa shape index (κ1) is 8.24. The molecule has 1 aromatic heterocycles. The number of nitrogens with zero attached hydrogens (tertiary/aromatic N) is 1. The summed E-state index contributed by atoms with van der Waals surface area (Å²) in [5, 5.41) is 0. The van der Waals surface area contributed by atoms with E-state index in [1.54, 1.807) is 0 Å². The Balaban J connectivity index is 2.74. The molecule has 0 saturated carbocycles. The minimum atomic E-state index is -3.42. The average Bonchev–Trinajstić information content (AvgIpc) is 1.85. The van der Waals surface area contributed by atoms with E-state index in [2.05, 4.69) is 9.51 Å². The Labute approximate surface area is 64.4 Å². The minimum absolute atomic E-state index is 0.355. The van der Waals surface area contributed by atoms with E-state index in [4.69, 9.17) is 4.89 Å². The molecule has 0 aromatic carbocycles. The summed E-state index contributed by atoms with van der Waals surface area (Å²) in [4.78, 5) is 12.5. The lowest BCUT2D eigenvalue weighted by molar-refractivity contribution is 0.387. The van der Waals surface area contributed by atoms with E-state index in [0.717, 1.165) is 6.66 Å². The SMILES string of the molecule is CP(=O)(O)Oc1ccncc1. The van der Waals surface area contributed by atoms with Gasteiger partial charge in [-0.1, -0.05) is 0 Å². The Morgan fingerprint density at radius 3 is 2.55 bits per heavy atom. The van der Waals surface area contributed by atoms with Gasteiger partial charge in [0.05, 0.1) is 0 Å². The molecule has 4 nitrogen and oxygen atoms in total. The number of rotatable bonds is 2. The van der Waals surface area contributed by atoms with Crippen LogP contribution in [0.5, 0.6) is 5.75 Å². The standard InChI is InChI=1S/C6H8NO3P/c1-11(8,9)10-6-2-4-7-5-3-6/h2-5H,1H3,(H,8,9). The van der Waals surface area contributed by atoms with Gasteiger partial charge in [-0.3, -0.25) is 4.98 Å². The Kier molecular flexibility index (Phi) is 2.27. The molecule has 1 rings (SSSR count). The molecular weight excluding hydrogens is 165 g/mol. The van der Waals surface area contributed by atoms with Gasteiger partial charge in [0.15, 0.2) is 0 Å². The lowest BCUT2D eigenvalue weighted by Gasteiger charge is -2.06. The van der Waals surface area contributed by atoms with Crippen LogP contribution in [-0.2, 0) is 4.57 Å². The quantitative estimate of drug-likeness (QED) is 0.684. The summed E-state index contributed by atoms with van der Waals surface area (Å²) in [6.45, 7) is 1.13. The van der Waals surface area contributed by atoms with E-state index < -0.39 is 7.60 Å². The number of hydrogen-bond acceptors (Lipinski definition) is 3. The Morgan fingerprint density at radius 2 is 2.09 bits per heavy atom. The predicted molar refractivity (Wildman–Crippen MR) is 40.6 cm³/mol. The van der Waals surface area contributed by atoms with E-state index >= 15 is 0 Å². The summed E-state index contributed by atoms with van der Waals surface area (Å²) in [7, 11) is -3.42. The van der Waals surface area contributed by atoms with Crippen molar-refractivity contribution in [3.05, 3.63) is 24.5 Å². The third-order valence-corrected chi connectivity index (χ3v) is 1.47. The van der Waals surface area contributed by atoms with Crippen molar-refractivity contribution in [2.45, 2.75) is 0 Å². The smallest absolute Gasteiger partial charge is 0.373 e. The molecule has 0 fully saturated rings. The van der Waals surface area contributed by atoms with Crippen LogP contribution in [0.2, 0.25) is 0 Å². The number of pyridine rings is 1. The molecule has 0 saturated heterocycles. The van der Waals surface area contributed by atoms with Crippen LogP contribution in [0.4, 0.5) is 0 Å². The molecule has 1 aromatic rings. The third-order valence-electron chi connectivity index (χ3n) is 0.925. The Bertz CT molecular complexity index is 268. The summed E-state index contributed by atoms with van der Waals surface area (Å²) in [5.74, 6) is 0.355. The zero-order chi connectivity index (χ0) is 8.32. The molecule has 60 valence electrons. The molecule has 0 spiro atoms. The highest BCUT2D eigenvalue weighted by Crippen LogP contribution is 2.37. The molecule has 0 aliphatic heterocycles. The molecule has 0 aliphatic rings. The summed E-state index contributed by atoms with van der Waals surface area (Å²) >= 11 is 0. The molecule has 0 bridgehead atoms. The maximum absolute atomic E-state index is 10.7. The van der Waals surface area contributed by atoms with Crippen LogP contribution in [-0.4, -0.2) is 16.5 Å². The van der Waals surface area contributed by atoms with E-state index in [1.165, 1.54) is 24.5 Å². The first-order valence-corrected chi connectivity index (χ1v) is 5.00. The van der Waals surface area contributed by atoms with Crippen LogP contribution in [0.1, 0.15) is 0 Å². The van der Waals surface area contributed by atoms with Gasteiger partial charge in [-0.2, -0.15) is 0 Å². The molecule has 11 heavy (non-hydrogen) atoms. The molecule has 0 aliphatic carbocycles. The number of aromatic nitrogens is 1. The highest BCUT2D eigenvalue weighted by molar-refractivity contribution is 7.52. The van der Waals surface area contributed by atoms with Crippen LogP contribution in [0.15, 0.2) is 24.5 Å². The van der Waals surface area contributed by atoms with Gasteiger partial charge in [0.1, 0.15) is 5.75 Å². The zero-order valence-electron chi connectivity index (χ0n) is 5.97. The molecular formula is C6H8NO3P. The van der Waals surface area contributed by atoms with Gasteiger partial charge < -0.3 is 9.42 Å². The first-order valence-electron chi connectivity index (χ1n) is 2.98. The van der Waals surface area contributed by atoms with E-state index in [0.29, 0.717) is 5.75 Å². The topological polar surface area (TPSA) is 59.4 Å². The van der Waals surface area contributed by atoms with E-state index in [1.807, 2.05) is 0 Å². The second-order valence-corrected chi connectivity index (χ2v) is 3.87. The van der Waals surface area contributed by atoms with Crippen molar-refractivity contribution in [2.24, 2.45) is 0 Å². The Hall–Kier alpha value is -0.860. The van der Waals surface area contributed by atoms with Crippen molar-refractivity contribution < 1.29 is 14.0 Å². The highest BCUT2D eigenvalue weighted by Gasteiger charge is 2.10. The van der Waals surface area contributed by atoms with Crippen molar-refractivity contribution >= 4 is 7.60 Å². The number of hydrogen-bond donors (Lipinski definition) is 1. The molecule has 0 amide bonds. The Morgan fingerprint density at radius 1 is 1.55 bits per heavy atom. The van der Waals surface area contributed by atoms with Crippen molar-refractivity contribution in [1.82, 2.24) is 4.98 Å². The largest absolute Gasteiger partial charge is 0.425 e. The third kappa shape index (κ3) is 3.16. The van der Waals surface area contributed by atoms with Gasteiger partial charge in [-0.15, -0.1) is 0 Å². The molecule has 1 atom stereocenters. The summed E-state index contributed by atoms with van der Waals surface area (Å²) < 4.78 is 15.4. The lowest BCUT2D eigenvalue weighted by Crippen LogP contribution is -1.88.